The van der Waals surface area contributed by atoms with E-state index in [4.69, 9.17) is 0 Å². The summed E-state index contributed by atoms with van der Waals surface area (Å²) in [5.41, 5.74) is 4.27. The summed E-state index contributed by atoms with van der Waals surface area (Å²) in [5.74, 6) is -1.20. The Morgan fingerprint density at radius 2 is 1.60 bits per heavy atom. The van der Waals surface area contributed by atoms with Crippen molar-refractivity contribution in [2.45, 2.75) is 51.9 Å². The zero-order chi connectivity index (χ0) is 21.2. The van der Waals surface area contributed by atoms with Crippen LogP contribution in [-0.4, -0.2) is 31.4 Å². The molecule has 1 saturated heterocycles. The molecule has 160 valence electrons. The standard InChI is InChI=1S/C25H33N3O2/c1-2-21-11-5-6-12-23(21)27-25(30)24(29)26-17-9-10-20-13-15-22(16-14-20)28-18-7-3-4-8-19-28/h5-6,11-16H,2-4,7-10,17-19H2,1H3,(H,26,29)(H,27,30). The van der Waals surface area contributed by atoms with Crippen molar-refractivity contribution in [1.29, 1.82) is 0 Å². The number of carbonyl (C=O) groups is 2. The molecule has 3 rings (SSSR count). The van der Waals surface area contributed by atoms with E-state index in [9.17, 15) is 9.59 Å². The van der Waals surface area contributed by atoms with Gasteiger partial charge in [-0.3, -0.25) is 9.59 Å². The molecular formula is C25H33N3O2. The van der Waals surface area contributed by atoms with Gasteiger partial charge in [0.2, 0.25) is 0 Å². The number of carbonyl (C=O) groups excluding carboxylic acids is 2. The maximum Gasteiger partial charge on any atom is 0.313 e. The first-order valence-electron chi connectivity index (χ1n) is 11.2. The number of nitrogens with one attached hydrogen (secondary N) is 2. The van der Waals surface area contributed by atoms with Gasteiger partial charge in [0.1, 0.15) is 0 Å². The van der Waals surface area contributed by atoms with E-state index in [1.807, 2.05) is 31.2 Å². The Labute approximate surface area is 179 Å². The number of benzene rings is 2. The van der Waals surface area contributed by atoms with Gasteiger partial charge in [-0.15, -0.1) is 0 Å². The summed E-state index contributed by atoms with van der Waals surface area (Å²) in [6.45, 7) is 4.80. The van der Waals surface area contributed by atoms with E-state index in [-0.39, 0.29) is 0 Å². The summed E-state index contributed by atoms with van der Waals surface area (Å²) in [4.78, 5) is 26.7. The van der Waals surface area contributed by atoms with E-state index in [2.05, 4.69) is 39.8 Å². The minimum atomic E-state index is -0.613. The number of rotatable bonds is 7. The molecule has 2 N–H and O–H groups in total. The lowest BCUT2D eigenvalue weighted by atomic mass is 10.1. The van der Waals surface area contributed by atoms with Crippen molar-refractivity contribution in [3.05, 3.63) is 59.7 Å². The molecule has 0 spiro atoms. The highest BCUT2D eigenvalue weighted by Gasteiger charge is 2.14. The van der Waals surface area contributed by atoms with Gasteiger partial charge in [-0.1, -0.05) is 50.1 Å². The third-order valence-corrected chi connectivity index (χ3v) is 5.69. The van der Waals surface area contributed by atoms with Crippen molar-refractivity contribution in [3.8, 4) is 0 Å². The Morgan fingerprint density at radius 1 is 0.900 bits per heavy atom. The van der Waals surface area contributed by atoms with Crippen LogP contribution in [0.3, 0.4) is 0 Å². The van der Waals surface area contributed by atoms with Crippen LogP contribution in [0.15, 0.2) is 48.5 Å². The fourth-order valence-electron chi connectivity index (χ4n) is 3.91. The molecule has 0 unspecified atom stereocenters. The molecule has 2 aromatic carbocycles. The van der Waals surface area contributed by atoms with Crippen LogP contribution < -0.4 is 15.5 Å². The molecule has 2 amide bonds. The van der Waals surface area contributed by atoms with E-state index in [1.54, 1.807) is 0 Å². The number of anilines is 2. The van der Waals surface area contributed by atoms with Gasteiger partial charge in [0.05, 0.1) is 0 Å². The second-order valence-corrected chi connectivity index (χ2v) is 7.89. The zero-order valence-corrected chi connectivity index (χ0v) is 18.0. The molecule has 1 aliphatic heterocycles. The van der Waals surface area contributed by atoms with Crippen molar-refractivity contribution >= 4 is 23.2 Å². The lowest BCUT2D eigenvalue weighted by Crippen LogP contribution is -2.36. The van der Waals surface area contributed by atoms with Crippen LogP contribution in [0.5, 0.6) is 0 Å². The normalized spacial score (nSPS) is 14.1. The molecule has 2 aromatic rings. The first kappa shape index (κ1) is 21.9. The molecular weight excluding hydrogens is 374 g/mol. The number of aryl methyl sites for hydroxylation is 2. The highest BCUT2D eigenvalue weighted by atomic mass is 16.2. The lowest BCUT2D eigenvalue weighted by Gasteiger charge is -2.22. The number of hydrogen-bond donors (Lipinski definition) is 2. The zero-order valence-electron chi connectivity index (χ0n) is 18.0. The summed E-state index contributed by atoms with van der Waals surface area (Å²) in [6, 6.07) is 16.3. The van der Waals surface area contributed by atoms with Crippen molar-refractivity contribution in [2.24, 2.45) is 0 Å². The van der Waals surface area contributed by atoms with Gasteiger partial charge in [-0.25, -0.2) is 0 Å². The third-order valence-electron chi connectivity index (χ3n) is 5.69. The van der Waals surface area contributed by atoms with E-state index >= 15 is 0 Å². The Morgan fingerprint density at radius 3 is 2.30 bits per heavy atom. The van der Waals surface area contributed by atoms with Crippen LogP contribution in [0.4, 0.5) is 11.4 Å². The van der Waals surface area contributed by atoms with E-state index in [0.29, 0.717) is 12.2 Å². The smallest absolute Gasteiger partial charge is 0.313 e. The monoisotopic (exact) mass is 407 g/mol. The summed E-state index contributed by atoms with van der Waals surface area (Å²) >= 11 is 0. The Hall–Kier alpha value is -2.82. The third kappa shape index (κ3) is 6.34. The van der Waals surface area contributed by atoms with E-state index < -0.39 is 11.8 Å². The SMILES string of the molecule is CCc1ccccc1NC(=O)C(=O)NCCCc1ccc(N2CCCCCC2)cc1. The second-order valence-electron chi connectivity index (χ2n) is 7.89. The Bertz CT molecular complexity index is 825. The molecule has 1 aliphatic rings. The Kier molecular flexibility index (Phi) is 8.30. The molecule has 0 aliphatic carbocycles. The van der Waals surface area contributed by atoms with Crippen LogP contribution in [0.1, 0.15) is 50.2 Å². The molecule has 0 radical (unpaired) electrons. The molecule has 30 heavy (non-hydrogen) atoms. The van der Waals surface area contributed by atoms with Gasteiger partial charge in [0.25, 0.3) is 0 Å². The number of nitrogens with zero attached hydrogens (tertiary/aromatic N) is 1. The summed E-state index contributed by atoms with van der Waals surface area (Å²) < 4.78 is 0. The topological polar surface area (TPSA) is 61.4 Å². The Balaban J connectivity index is 1.39. The van der Waals surface area contributed by atoms with E-state index in [1.165, 1.54) is 36.9 Å². The van der Waals surface area contributed by atoms with Gasteiger partial charge in [0, 0.05) is 31.0 Å². The number of amides is 2. The van der Waals surface area contributed by atoms with E-state index in [0.717, 1.165) is 37.9 Å². The van der Waals surface area contributed by atoms with Crippen molar-refractivity contribution in [1.82, 2.24) is 5.32 Å². The lowest BCUT2D eigenvalue weighted by molar-refractivity contribution is -0.136. The van der Waals surface area contributed by atoms with Crippen LogP contribution in [0.25, 0.3) is 0 Å². The molecule has 0 bridgehead atoms. The quantitative estimate of drug-likeness (QED) is 0.531. The van der Waals surface area contributed by atoms with Gasteiger partial charge in [-0.05, 0) is 61.4 Å². The van der Waals surface area contributed by atoms with Gasteiger partial charge >= 0.3 is 11.8 Å². The number of para-hydroxylation sites is 1. The fraction of sp³-hybridized carbons (Fsp3) is 0.440. The molecule has 5 heteroatoms. The van der Waals surface area contributed by atoms with Crippen LogP contribution in [0, 0.1) is 0 Å². The van der Waals surface area contributed by atoms with Crippen LogP contribution in [-0.2, 0) is 22.4 Å². The van der Waals surface area contributed by atoms with Crippen molar-refractivity contribution in [3.63, 3.8) is 0 Å². The van der Waals surface area contributed by atoms with Gasteiger partial charge in [0.15, 0.2) is 0 Å². The average molecular weight is 408 g/mol. The summed E-state index contributed by atoms with van der Waals surface area (Å²) in [6.07, 6.45) is 7.70. The number of hydrogen-bond acceptors (Lipinski definition) is 3. The molecule has 5 nitrogen and oxygen atoms in total. The first-order valence-corrected chi connectivity index (χ1v) is 11.2. The average Bonchev–Trinajstić information content (AvgIpc) is 3.07. The molecule has 0 saturated carbocycles. The summed E-state index contributed by atoms with van der Waals surface area (Å²) in [7, 11) is 0. The molecule has 0 aromatic heterocycles. The van der Waals surface area contributed by atoms with Gasteiger partial charge < -0.3 is 15.5 Å². The molecule has 0 atom stereocenters. The maximum absolute atomic E-state index is 12.1. The van der Waals surface area contributed by atoms with Crippen molar-refractivity contribution < 1.29 is 9.59 Å². The van der Waals surface area contributed by atoms with Crippen LogP contribution in [0.2, 0.25) is 0 Å². The first-order chi connectivity index (χ1) is 14.7. The van der Waals surface area contributed by atoms with Crippen LogP contribution >= 0.6 is 0 Å². The predicted octanol–water partition coefficient (Wildman–Crippen LogP) is 4.32. The predicted molar refractivity (Wildman–Crippen MR) is 123 cm³/mol. The summed E-state index contributed by atoms with van der Waals surface area (Å²) in [5, 5.41) is 5.43. The minimum absolute atomic E-state index is 0.482. The van der Waals surface area contributed by atoms with Crippen molar-refractivity contribution in [2.75, 3.05) is 29.9 Å². The minimum Gasteiger partial charge on any atom is -0.372 e. The fourth-order valence-corrected chi connectivity index (χ4v) is 3.91. The largest absolute Gasteiger partial charge is 0.372 e. The second kappa shape index (κ2) is 11.4. The highest BCUT2D eigenvalue weighted by Crippen LogP contribution is 2.20. The highest BCUT2D eigenvalue weighted by molar-refractivity contribution is 6.39. The molecule has 1 heterocycles. The van der Waals surface area contributed by atoms with Gasteiger partial charge in [-0.2, -0.15) is 0 Å². The molecule has 1 fully saturated rings. The maximum atomic E-state index is 12.1.